The first-order valence-corrected chi connectivity index (χ1v) is 30.4. The molecule has 20 heteroatoms. The number of nitrogens with zero attached hydrogens (tertiary/aromatic N) is 4. The summed E-state index contributed by atoms with van der Waals surface area (Å²) in [6, 6.07) is 29.6. The maximum absolute atomic E-state index is 14.3. The van der Waals surface area contributed by atoms with Gasteiger partial charge in [-0.1, -0.05) is 58.0 Å². The second-order valence-electron chi connectivity index (χ2n) is 20.6. The van der Waals surface area contributed by atoms with Crippen LogP contribution in [0.1, 0.15) is 80.8 Å². The minimum absolute atomic E-state index is 0.0124. The minimum atomic E-state index is -4.60. The summed E-state index contributed by atoms with van der Waals surface area (Å²) in [4.78, 5) is 51.7. The van der Waals surface area contributed by atoms with E-state index in [1.54, 1.807) is 42.0 Å². The third-order valence-corrected chi connectivity index (χ3v) is 19.0. The molecule has 4 aliphatic rings. The van der Waals surface area contributed by atoms with Crippen LogP contribution in [0.3, 0.4) is 0 Å². The number of hydrogen-bond donors (Lipinski definition) is 2. The smallest absolute Gasteiger partial charge is 0.276 e. The first kappa shape index (κ1) is 57.6. The standard InChI is InChI=1S/C59H69N5O12S3/c1-38-25-47-41(15-16-44-29-42-11-7-9-13-50(42)63(44)57(47)66)31-52(38)75-35-39-26-40(36-76-54-33-49-48(32-53(54)72-6)58(67)64-46(34-61-49)30-43-12-8-10-14-51(43)64)28-45(27-39)62(18-19-73-22-23-74-21-20-71-5)37-59(2,3)78-77-24-17-55(56(65)60-4)79(68,69)70/h7-14,25-28,31-34,44,46,55H,15-24,29-30,35-37H2,1-6H3,(H,60,65)(H,68,69,70)/t44-,46+,55?/m1/s1. The lowest BCUT2D eigenvalue weighted by Crippen LogP contribution is -2.39. The van der Waals surface area contributed by atoms with E-state index < -0.39 is 26.0 Å². The predicted molar refractivity (Wildman–Crippen MR) is 311 cm³/mol. The first-order chi connectivity index (χ1) is 38.0. The highest BCUT2D eigenvalue weighted by Gasteiger charge is 2.39. The van der Waals surface area contributed by atoms with Gasteiger partial charge < -0.3 is 43.5 Å². The summed E-state index contributed by atoms with van der Waals surface area (Å²) in [7, 11) is 2.88. The van der Waals surface area contributed by atoms with Crippen LogP contribution in [-0.4, -0.2) is 132 Å². The van der Waals surface area contributed by atoms with Crippen molar-refractivity contribution in [2.24, 2.45) is 4.99 Å². The van der Waals surface area contributed by atoms with Gasteiger partial charge in [0.2, 0.25) is 5.91 Å². The monoisotopic (exact) mass is 1140 g/mol. The van der Waals surface area contributed by atoms with Crippen LogP contribution in [0.5, 0.6) is 17.2 Å². The molecule has 0 fully saturated rings. The van der Waals surface area contributed by atoms with Crippen LogP contribution in [0.25, 0.3) is 0 Å². The Bertz CT molecular complexity index is 3190. The summed E-state index contributed by atoms with van der Waals surface area (Å²) in [5, 5.41) is 0.763. The molecule has 0 aromatic heterocycles. The van der Waals surface area contributed by atoms with E-state index in [1.807, 2.05) is 78.7 Å². The summed E-state index contributed by atoms with van der Waals surface area (Å²) in [5.74, 6) is 0.852. The fourth-order valence-electron chi connectivity index (χ4n) is 10.7. The lowest BCUT2D eigenvalue weighted by molar-refractivity contribution is -0.120. The maximum Gasteiger partial charge on any atom is 0.276 e. The second-order valence-corrected chi connectivity index (χ2v) is 25.4. The summed E-state index contributed by atoms with van der Waals surface area (Å²) < 4.78 is 69.7. The van der Waals surface area contributed by atoms with Crippen LogP contribution >= 0.6 is 21.6 Å². The minimum Gasteiger partial charge on any atom is -0.493 e. The lowest BCUT2D eigenvalue weighted by atomic mass is 9.98. The third-order valence-electron chi connectivity index (χ3n) is 14.5. The lowest BCUT2D eigenvalue weighted by Gasteiger charge is -2.34. The number of carbonyl (C=O) groups is 3. The summed E-state index contributed by atoms with van der Waals surface area (Å²) in [6.07, 6.45) is 4.83. The molecule has 5 aromatic carbocycles. The number of rotatable bonds is 26. The topological polar surface area (TPSA) is 195 Å². The van der Waals surface area contributed by atoms with Crippen LogP contribution in [0.2, 0.25) is 0 Å². The molecule has 9 rings (SSSR count). The number of hydrogen-bond acceptors (Lipinski definition) is 15. The molecule has 2 N–H and O–H groups in total. The van der Waals surface area contributed by atoms with Gasteiger partial charge in [-0.3, -0.25) is 28.8 Å². The average molecular weight is 1140 g/mol. The number of fused-ring (bicyclic) bond motifs is 8. The van der Waals surface area contributed by atoms with E-state index in [2.05, 4.69) is 42.3 Å². The molecule has 0 bridgehead atoms. The van der Waals surface area contributed by atoms with Gasteiger partial charge in [-0.2, -0.15) is 8.42 Å². The molecule has 4 aliphatic heterocycles. The van der Waals surface area contributed by atoms with Gasteiger partial charge in [0.1, 0.15) is 19.0 Å². The van der Waals surface area contributed by atoms with Crippen LogP contribution in [0.15, 0.2) is 96.0 Å². The number of aliphatic imine (C=N–C) groups is 1. The van der Waals surface area contributed by atoms with Crippen LogP contribution in [-0.2, 0) is 61.6 Å². The summed E-state index contributed by atoms with van der Waals surface area (Å²) in [6.45, 7) is 9.51. The van der Waals surface area contributed by atoms with Crippen LogP contribution < -0.4 is 34.2 Å². The Morgan fingerprint density at radius 2 is 1.47 bits per heavy atom. The average Bonchev–Trinajstić information content (AvgIpc) is 4.20. The molecular weight excluding hydrogens is 1070 g/mol. The maximum atomic E-state index is 14.3. The van der Waals surface area contributed by atoms with Crippen molar-refractivity contribution in [1.29, 1.82) is 0 Å². The van der Waals surface area contributed by atoms with Crippen molar-refractivity contribution >= 4 is 78.4 Å². The number of para-hydroxylation sites is 2. The van der Waals surface area contributed by atoms with Gasteiger partial charge in [0, 0.05) is 85.1 Å². The molecule has 0 radical (unpaired) electrons. The first-order valence-electron chi connectivity index (χ1n) is 26.5. The molecular formula is C59H69N5O12S3. The number of carbonyl (C=O) groups excluding carboxylic acids is 3. The molecule has 3 amide bonds. The summed E-state index contributed by atoms with van der Waals surface area (Å²) >= 11 is 0. The quantitative estimate of drug-likeness (QED) is 0.0302. The fourth-order valence-corrected chi connectivity index (χ4v) is 14.2. The van der Waals surface area contributed by atoms with Gasteiger partial charge in [0.25, 0.3) is 21.9 Å². The van der Waals surface area contributed by atoms with Gasteiger partial charge in [0.05, 0.1) is 57.4 Å². The van der Waals surface area contributed by atoms with Gasteiger partial charge in [-0.15, -0.1) is 0 Å². The zero-order valence-corrected chi connectivity index (χ0v) is 48.0. The molecule has 0 saturated carbocycles. The Morgan fingerprint density at radius 3 is 2.16 bits per heavy atom. The van der Waals surface area contributed by atoms with Crippen molar-refractivity contribution in [2.45, 2.75) is 88.2 Å². The zero-order chi connectivity index (χ0) is 55.8. The van der Waals surface area contributed by atoms with Crippen molar-refractivity contribution in [3.63, 3.8) is 0 Å². The van der Waals surface area contributed by atoms with Crippen molar-refractivity contribution < 1.29 is 55.8 Å². The van der Waals surface area contributed by atoms with E-state index in [0.29, 0.717) is 86.6 Å². The number of methoxy groups -OCH3 is 2. The molecule has 3 atom stereocenters. The number of aryl methyl sites for hydroxylation is 2. The third kappa shape index (κ3) is 13.6. The van der Waals surface area contributed by atoms with Crippen molar-refractivity contribution in [3.05, 3.63) is 136 Å². The normalized spacial score (nSPS) is 16.7. The molecule has 0 aliphatic carbocycles. The summed E-state index contributed by atoms with van der Waals surface area (Å²) in [5.41, 5.74) is 10.1. The Balaban J connectivity index is 0.996. The van der Waals surface area contributed by atoms with Crippen molar-refractivity contribution in [1.82, 2.24) is 5.32 Å². The fraction of sp³-hybridized carbons (Fsp3) is 0.424. The van der Waals surface area contributed by atoms with Crippen molar-refractivity contribution in [3.8, 4) is 17.2 Å². The van der Waals surface area contributed by atoms with Crippen LogP contribution in [0, 0.1) is 6.92 Å². The van der Waals surface area contributed by atoms with Gasteiger partial charge >= 0.3 is 0 Å². The Kier molecular flexibility index (Phi) is 18.6. The SMILES string of the molecule is CNC(=O)C(CCSSC(C)(C)CN(CCOCCOCCOC)c1cc(COc2cc3c(cc2C)C(=O)N2c4ccccc4C[C@H]2CC3)cc(COc2cc3c(cc2OC)C(=O)N2c4ccccc4C[C@H]2C=N3)c1)S(=O)(=O)O. The number of nitrogens with one attached hydrogen (secondary N) is 1. The highest BCUT2D eigenvalue weighted by atomic mass is 33.1. The molecule has 17 nitrogen and oxygen atoms in total. The van der Waals surface area contributed by atoms with E-state index in [-0.39, 0.29) is 49.3 Å². The second kappa shape index (κ2) is 25.5. The molecule has 5 aromatic rings. The highest BCUT2D eigenvalue weighted by Crippen LogP contribution is 2.43. The van der Waals surface area contributed by atoms with E-state index >= 15 is 0 Å². The molecule has 0 saturated heterocycles. The zero-order valence-electron chi connectivity index (χ0n) is 45.5. The predicted octanol–water partition coefficient (Wildman–Crippen LogP) is 9.01. The molecule has 420 valence electrons. The number of amides is 3. The van der Waals surface area contributed by atoms with Crippen molar-refractivity contribution in [2.75, 3.05) is 87.8 Å². The molecule has 0 spiro atoms. The van der Waals surface area contributed by atoms with E-state index in [1.165, 1.54) is 23.4 Å². The number of ether oxygens (including phenoxy) is 6. The molecule has 4 heterocycles. The Hall–Kier alpha value is -6.13. The van der Waals surface area contributed by atoms with Crippen LogP contribution in [0.4, 0.5) is 22.7 Å². The van der Waals surface area contributed by atoms with Gasteiger partial charge in [0.15, 0.2) is 16.7 Å². The van der Waals surface area contributed by atoms with Gasteiger partial charge in [-0.05, 0) is 128 Å². The van der Waals surface area contributed by atoms with Gasteiger partial charge in [-0.25, -0.2) is 0 Å². The van der Waals surface area contributed by atoms with E-state index in [0.717, 1.165) is 64.1 Å². The number of anilines is 3. The van der Waals surface area contributed by atoms with E-state index in [4.69, 9.17) is 33.4 Å². The molecule has 79 heavy (non-hydrogen) atoms. The largest absolute Gasteiger partial charge is 0.493 e. The Labute approximate surface area is 470 Å². The number of benzene rings is 5. The van der Waals surface area contributed by atoms with E-state index in [9.17, 15) is 27.4 Å². The molecule has 1 unspecified atom stereocenters. The highest BCUT2D eigenvalue weighted by molar-refractivity contribution is 8.77. The Morgan fingerprint density at radius 1 is 0.810 bits per heavy atom.